The van der Waals surface area contributed by atoms with Crippen LogP contribution in [0.4, 0.5) is 0 Å². The average Bonchev–Trinajstić information content (AvgIpc) is 2.70. The van der Waals surface area contributed by atoms with Crippen LogP contribution in [0.3, 0.4) is 0 Å². The Morgan fingerprint density at radius 1 is 1.71 bits per heavy atom. The van der Waals surface area contributed by atoms with Gasteiger partial charge in [0.2, 0.25) is 0 Å². The molecule has 0 aliphatic carbocycles. The first kappa shape index (κ1) is 9.27. The van der Waals surface area contributed by atoms with Crippen molar-refractivity contribution in [1.29, 1.82) is 0 Å². The molecule has 0 amide bonds. The summed E-state index contributed by atoms with van der Waals surface area (Å²) in [6.45, 7) is 0.947. The number of carboxylic acids is 1. The molecule has 2 heterocycles. The highest BCUT2D eigenvalue weighted by Gasteiger charge is 2.29. The number of rotatable bonds is 3. The lowest BCUT2D eigenvalue weighted by atomic mass is 10.2. The highest BCUT2D eigenvalue weighted by molar-refractivity contribution is 5.69. The maximum absolute atomic E-state index is 10.6. The highest BCUT2D eigenvalue weighted by atomic mass is 16.4. The number of hydrogen-bond acceptors (Lipinski definition) is 3. The standard InChI is InChI=1S/C10H13NO3/c12-10(13)7-11-5-1-3-8(11)9-4-2-6-14-9/h2,4,6,8H,1,3,5,7H2,(H,12,13)/t8-/m1/s1. The zero-order valence-corrected chi connectivity index (χ0v) is 7.85. The lowest BCUT2D eigenvalue weighted by Crippen LogP contribution is -2.29. The summed E-state index contributed by atoms with van der Waals surface area (Å²) in [6, 6.07) is 3.90. The van der Waals surface area contributed by atoms with Crippen molar-refractivity contribution >= 4 is 5.97 Å². The Hall–Kier alpha value is -1.29. The quantitative estimate of drug-likeness (QED) is 0.794. The number of carboxylic acid groups (broad SMARTS) is 1. The summed E-state index contributed by atoms with van der Waals surface area (Å²) < 4.78 is 5.29. The van der Waals surface area contributed by atoms with Crippen LogP contribution < -0.4 is 0 Å². The molecule has 1 aromatic heterocycles. The number of nitrogens with zero attached hydrogens (tertiary/aromatic N) is 1. The third-order valence-corrected chi connectivity index (χ3v) is 2.57. The van der Waals surface area contributed by atoms with Crippen molar-refractivity contribution in [3.8, 4) is 0 Å². The van der Waals surface area contributed by atoms with Gasteiger partial charge in [0.25, 0.3) is 0 Å². The van der Waals surface area contributed by atoms with E-state index < -0.39 is 5.97 Å². The fraction of sp³-hybridized carbons (Fsp3) is 0.500. The Balaban J connectivity index is 2.07. The second-order valence-electron chi connectivity index (χ2n) is 3.54. The summed E-state index contributed by atoms with van der Waals surface area (Å²) in [6.07, 6.45) is 3.66. The van der Waals surface area contributed by atoms with Gasteiger partial charge in [0.05, 0.1) is 18.8 Å². The molecule has 1 N–H and O–H groups in total. The topological polar surface area (TPSA) is 53.7 Å². The molecule has 0 radical (unpaired) electrons. The Morgan fingerprint density at radius 3 is 3.21 bits per heavy atom. The van der Waals surface area contributed by atoms with Gasteiger partial charge in [-0.3, -0.25) is 9.69 Å². The van der Waals surface area contributed by atoms with Gasteiger partial charge in [-0.1, -0.05) is 0 Å². The lowest BCUT2D eigenvalue weighted by molar-refractivity contribution is -0.138. The SMILES string of the molecule is O=C(O)CN1CCC[C@@H]1c1ccco1. The normalized spacial score (nSPS) is 22.7. The van der Waals surface area contributed by atoms with Gasteiger partial charge in [-0.05, 0) is 31.5 Å². The van der Waals surface area contributed by atoms with Crippen LogP contribution >= 0.6 is 0 Å². The van der Waals surface area contributed by atoms with Crippen LogP contribution in [0.1, 0.15) is 24.6 Å². The fourth-order valence-electron chi connectivity index (χ4n) is 1.99. The van der Waals surface area contributed by atoms with E-state index in [-0.39, 0.29) is 12.6 Å². The van der Waals surface area contributed by atoms with Crippen molar-refractivity contribution in [3.63, 3.8) is 0 Å². The third-order valence-electron chi connectivity index (χ3n) is 2.57. The van der Waals surface area contributed by atoms with Gasteiger partial charge in [-0.2, -0.15) is 0 Å². The lowest BCUT2D eigenvalue weighted by Gasteiger charge is -2.20. The third kappa shape index (κ3) is 1.80. The van der Waals surface area contributed by atoms with Crippen molar-refractivity contribution in [2.45, 2.75) is 18.9 Å². The van der Waals surface area contributed by atoms with E-state index in [4.69, 9.17) is 9.52 Å². The van der Waals surface area contributed by atoms with Crippen LogP contribution in [0.25, 0.3) is 0 Å². The molecule has 4 heteroatoms. The monoisotopic (exact) mass is 195 g/mol. The minimum Gasteiger partial charge on any atom is -0.480 e. The average molecular weight is 195 g/mol. The van der Waals surface area contributed by atoms with E-state index in [0.29, 0.717) is 0 Å². The summed E-state index contributed by atoms with van der Waals surface area (Å²) in [5.41, 5.74) is 0. The predicted molar refractivity (Wildman–Crippen MR) is 49.9 cm³/mol. The number of likely N-dealkylation sites (tertiary alicyclic amines) is 1. The van der Waals surface area contributed by atoms with E-state index in [9.17, 15) is 4.79 Å². The van der Waals surface area contributed by atoms with Gasteiger partial charge in [-0.25, -0.2) is 0 Å². The molecule has 0 unspecified atom stereocenters. The van der Waals surface area contributed by atoms with Crippen molar-refractivity contribution < 1.29 is 14.3 Å². The molecule has 14 heavy (non-hydrogen) atoms. The van der Waals surface area contributed by atoms with Crippen molar-refractivity contribution in [1.82, 2.24) is 4.90 Å². The first-order valence-electron chi connectivity index (χ1n) is 4.76. The summed E-state index contributed by atoms with van der Waals surface area (Å²) in [7, 11) is 0. The fourth-order valence-corrected chi connectivity index (χ4v) is 1.99. The molecule has 0 saturated carbocycles. The molecule has 0 aromatic carbocycles. The van der Waals surface area contributed by atoms with Gasteiger partial charge >= 0.3 is 5.97 Å². The summed E-state index contributed by atoms with van der Waals surface area (Å²) in [5.74, 6) is 0.104. The van der Waals surface area contributed by atoms with Crippen LogP contribution in [0.5, 0.6) is 0 Å². The van der Waals surface area contributed by atoms with Crippen molar-refractivity contribution in [2.75, 3.05) is 13.1 Å². The van der Waals surface area contributed by atoms with E-state index in [1.165, 1.54) is 0 Å². The zero-order chi connectivity index (χ0) is 9.97. The molecule has 0 spiro atoms. The summed E-state index contributed by atoms with van der Waals surface area (Å²) in [4.78, 5) is 12.5. The van der Waals surface area contributed by atoms with E-state index in [1.54, 1.807) is 6.26 Å². The second kappa shape index (κ2) is 3.84. The van der Waals surface area contributed by atoms with Gasteiger partial charge in [0.1, 0.15) is 5.76 Å². The van der Waals surface area contributed by atoms with E-state index in [0.717, 1.165) is 25.1 Å². The largest absolute Gasteiger partial charge is 0.480 e. The maximum atomic E-state index is 10.6. The molecule has 1 aliphatic rings. The first-order chi connectivity index (χ1) is 6.77. The van der Waals surface area contributed by atoms with Crippen molar-refractivity contribution in [2.24, 2.45) is 0 Å². The van der Waals surface area contributed by atoms with Gasteiger partial charge in [0.15, 0.2) is 0 Å². The molecular formula is C10H13NO3. The zero-order valence-electron chi connectivity index (χ0n) is 7.85. The molecule has 76 valence electrons. The molecule has 2 rings (SSSR count). The van der Waals surface area contributed by atoms with Crippen molar-refractivity contribution in [3.05, 3.63) is 24.2 Å². The number of aliphatic carboxylic acids is 1. The highest BCUT2D eigenvalue weighted by Crippen LogP contribution is 2.31. The van der Waals surface area contributed by atoms with E-state index in [2.05, 4.69) is 0 Å². The van der Waals surface area contributed by atoms with Gasteiger partial charge in [0, 0.05) is 0 Å². The van der Waals surface area contributed by atoms with E-state index in [1.807, 2.05) is 17.0 Å². The Bertz CT molecular complexity index is 307. The molecular weight excluding hydrogens is 182 g/mol. The summed E-state index contributed by atoms with van der Waals surface area (Å²) in [5, 5.41) is 8.72. The molecule has 1 aromatic rings. The van der Waals surface area contributed by atoms with Crippen LogP contribution in [0.2, 0.25) is 0 Å². The minimum absolute atomic E-state index is 0.103. The van der Waals surface area contributed by atoms with Crippen LogP contribution in [-0.2, 0) is 4.79 Å². The number of hydrogen-bond donors (Lipinski definition) is 1. The van der Waals surface area contributed by atoms with E-state index >= 15 is 0 Å². The van der Waals surface area contributed by atoms with Crippen LogP contribution in [-0.4, -0.2) is 29.1 Å². The van der Waals surface area contributed by atoms with Gasteiger partial charge in [-0.15, -0.1) is 0 Å². The van der Waals surface area contributed by atoms with Crippen LogP contribution in [0.15, 0.2) is 22.8 Å². The Morgan fingerprint density at radius 2 is 2.57 bits per heavy atom. The smallest absolute Gasteiger partial charge is 0.317 e. The van der Waals surface area contributed by atoms with Gasteiger partial charge < -0.3 is 9.52 Å². The Labute approximate surface area is 82.1 Å². The molecule has 1 atom stereocenters. The Kier molecular flexibility index (Phi) is 2.54. The number of carbonyl (C=O) groups is 1. The minimum atomic E-state index is -0.775. The van der Waals surface area contributed by atoms with Crippen LogP contribution in [0, 0.1) is 0 Å². The molecule has 0 bridgehead atoms. The first-order valence-corrected chi connectivity index (χ1v) is 4.76. The second-order valence-corrected chi connectivity index (χ2v) is 3.54. The predicted octanol–water partition coefficient (Wildman–Crippen LogP) is 1.50. The number of furan rings is 1. The molecule has 1 fully saturated rings. The molecule has 4 nitrogen and oxygen atoms in total. The molecule has 1 aliphatic heterocycles. The molecule has 1 saturated heterocycles. The summed E-state index contributed by atoms with van der Waals surface area (Å²) >= 11 is 0. The maximum Gasteiger partial charge on any atom is 0.317 e.